The standard InChI is InChI=1S/C34H43N3O4S/c1-5-29-14-9-10-17-32(29)37(42(40,41)31-20-18-25(2)19-21-31)24-33(38)36(23-28-13-11-12-26(3)22-28)27(4)34(39)35-30-15-7-6-8-16-30/h9-14,17-22,27,30H,5-8,15-16,23-24H2,1-4H3,(H,35,39). The Morgan fingerprint density at radius 3 is 2.26 bits per heavy atom. The van der Waals surface area contributed by atoms with E-state index in [1.165, 1.54) is 15.6 Å². The van der Waals surface area contributed by atoms with Gasteiger partial charge in [0.25, 0.3) is 10.0 Å². The topological polar surface area (TPSA) is 86.8 Å². The Labute approximate surface area is 251 Å². The third-order valence-corrected chi connectivity index (χ3v) is 9.86. The van der Waals surface area contributed by atoms with Crippen LogP contribution in [0.25, 0.3) is 0 Å². The van der Waals surface area contributed by atoms with E-state index in [0.717, 1.165) is 47.9 Å². The Hall–Kier alpha value is -3.65. The van der Waals surface area contributed by atoms with Crippen molar-refractivity contribution in [1.82, 2.24) is 10.2 Å². The summed E-state index contributed by atoms with van der Waals surface area (Å²) in [6, 6.07) is 21.0. The Morgan fingerprint density at radius 2 is 1.60 bits per heavy atom. The van der Waals surface area contributed by atoms with Crippen molar-refractivity contribution in [2.45, 2.75) is 89.7 Å². The summed E-state index contributed by atoms with van der Waals surface area (Å²) in [4.78, 5) is 29.3. The molecule has 42 heavy (non-hydrogen) atoms. The molecular weight excluding hydrogens is 546 g/mol. The highest BCUT2D eigenvalue weighted by atomic mass is 32.2. The number of hydrogen-bond acceptors (Lipinski definition) is 4. The van der Waals surface area contributed by atoms with Gasteiger partial charge >= 0.3 is 0 Å². The van der Waals surface area contributed by atoms with E-state index in [1.807, 2.05) is 57.2 Å². The second kappa shape index (κ2) is 14.0. The lowest BCUT2D eigenvalue weighted by Gasteiger charge is -2.33. The molecule has 224 valence electrons. The number of benzene rings is 3. The van der Waals surface area contributed by atoms with Crippen molar-refractivity contribution in [1.29, 1.82) is 0 Å². The first-order chi connectivity index (χ1) is 20.1. The zero-order chi connectivity index (χ0) is 30.3. The minimum atomic E-state index is -4.09. The highest BCUT2D eigenvalue weighted by molar-refractivity contribution is 7.92. The number of nitrogens with zero attached hydrogens (tertiary/aromatic N) is 2. The van der Waals surface area contributed by atoms with E-state index in [2.05, 4.69) is 5.32 Å². The van der Waals surface area contributed by atoms with Gasteiger partial charge in [0.2, 0.25) is 11.8 Å². The second-order valence-electron chi connectivity index (χ2n) is 11.3. The van der Waals surface area contributed by atoms with Crippen LogP contribution in [0.3, 0.4) is 0 Å². The van der Waals surface area contributed by atoms with Crippen LogP contribution in [0.15, 0.2) is 77.7 Å². The quantitative estimate of drug-likeness (QED) is 0.301. The van der Waals surface area contributed by atoms with Crippen LogP contribution in [0.1, 0.15) is 68.2 Å². The number of rotatable bonds is 11. The summed E-state index contributed by atoms with van der Waals surface area (Å²) >= 11 is 0. The van der Waals surface area contributed by atoms with Crippen molar-refractivity contribution in [3.05, 3.63) is 95.1 Å². The summed E-state index contributed by atoms with van der Waals surface area (Å²) in [5.41, 5.74) is 4.13. The second-order valence-corrected chi connectivity index (χ2v) is 13.2. The fourth-order valence-corrected chi connectivity index (χ4v) is 7.01. The van der Waals surface area contributed by atoms with Crippen LogP contribution in [0.2, 0.25) is 0 Å². The summed E-state index contributed by atoms with van der Waals surface area (Å²) in [6.07, 6.45) is 5.78. The van der Waals surface area contributed by atoms with Gasteiger partial charge in [-0.15, -0.1) is 0 Å². The third kappa shape index (κ3) is 7.59. The number of aryl methyl sites for hydroxylation is 3. The molecule has 0 aliphatic heterocycles. The molecule has 7 nitrogen and oxygen atoms in total. The van der Waals surface area contributed by atoms with Crippen LogP contribution in [-0.2, 0) is 32.6 Å². The molecule has 0 aromatic heterocycles. The van der Waals surface area contributed by atoms with Crippen molar-refractivity contribution in [3.63, 3.8) is 0 Å². The summed E-state index contributed by atoms with van der Waals surface area (Å²) < 4.78 is 29.4. The Kier molecular flexibility index (Phi) is 10.4. The Bertz CT molecular complexity index is 1480. The SMILES string of the molecule is CCc1ccccc1N(CC(=O)N(Cc1cccc(C)c1)C(C)C(=O)NC1CCCCC1)S(=O)(=O)c1ccc(C)cc1. The van der Waals surface area contributed by atoms with Crippen LogP contribution >= 0.6 is 0 Å². The first-order valence-corrected chi connectivity index (χ1v) is 16.4. The van der Waals surface area contributed by atoms with Crippen molar-refractivity contribution >= 4 is 27.5 Å². The number of carbonyl (C=O) groups excluding carboxylic acids is 2. The van der Waals surface area contributed by atoms with Crippen LogP contribution in [0.5, 0.6) is 0 Å². The lowest BCUT2D eigenvalue weighted by atomic mass is 9.95. The molecule has 4 rings (SSSR count). The molecular formula is C34H43N3O4S. The first-order valence-electron chi connectivity index (χ1n) is 14.9. The zero-order valence-electron chi connectivity index (χ0n) is 25.2. The molecule has 1 unspecified atom stereocenters. The summed E-state index contributed by atoms with van der Waals surface area (Å²) in [5, 5.41) is 3.15. The number of carbonyl (C=O) groups is 2. The van der Waals surface area contributed by atoms with E-state index in [9.17, 15) is 18.0 Å². The molecule has 3 aromatic rings. The Balaban J connectivity index is 1.70. The molecule has 1 fully saturated rings. The monoisotopic (exact) mass is 589 g/mol. The van der Waals surface area contributed by atoms with E-state index in [1.54, 1.807) is 43.3 Å². The maximum Gasteiger partial charge on any atom is 0.264 e. The number of para-hydroxylation sites is 1. The number of anilines is 1. The summed E-state index contributed by atoms with van der Waals surface area (Å²) in [5.74, 6) is -0.658. The smallest absolute Gasteiger partial charge is 0.264 e. The molecule has 0 radical (unpaired) electrons. The van der Waals surface area contributed by atoms with Gasteiger partial charge in [-0.05, 0) is 69.4 Å². The van der Waals surface area contributed by atoms with Gasteiger partial charge in [-0.3, -0.25) is 13.9 Å². The fraction of sp³-hybridized carbons (Fsp3) is 0.412. The van der Waals surface area contributed by atoms with E-state index in [0.29, 0.717) is 12.1 Å². The third-order valence-electron chi connectivity index (χ3n) is 8.08. The van der Waals surface area contributed by atoms with Crippen molar-refractivity contribution in [2.75, 3.05) is 10.8 Å². The molecule has 0 spiro atoms. The van der Waals surface area contributed by atoms with Gasteiger partial charge in [-0.1, -0.05) is 91.9 Å². The van der Waals surface area contributed by atoms with Gasteiger partial charge in [0.05, 0.1) is 10.6 Å². The predicted octanol–water partition coefficient (Wildman–Crippen LogP) is 5.93. The van der Waals surface area contributed by atoms with E-state index >= 15 is 0 Å². The van der Waals surface area contributed by atoms with Crippen LogP contribution in [0.4, 0.5) is 5.69 Å². The molecule has 0 saturated heterocycles. The van der Waals surface area contributed by atoms with Gasteiger partial charge in [0.1, 0.15) is 12.6 Å². The van der Waals surface area contributed by atoms with Gasteiger partial charge in [-0.2, -0.15) is 0 Å². The number of hydrogen-bond donors (Lipinski definition) is 1. The van der Waals surface area contributed by atoms with Crippen molar-refractivity contribution < 1.29 is 18.0 Å². The maximum atomic E-state index is 14.2. The normalized spacial score (nSPS) is 14.7. The molecule has 2 amide bonds. The molecule has 0 bridgehead atoms. The van der Waals surface area contributed by atoms with Crippen LogP contribution in [0, 0.1) is 13.8 Å². The molecule has 1 aliphatic carbocycles. The molecule has 1 aliphatic rings. The molecule has 0 heterocycles. The van der Waals surface area contributed by atoms with Crippen LogP contribution in [-0.4, -0.2) is 43.8 Å². The van der Waals surface area contributed by atoms with Gasteiger partial charge in [0.15, 0.2) is 0 Å². The molecule has 3 aromatic carbocycles. The lowest BCUT2D eigenvalue weighted by molar-refractivity contribution is -0.139. The predicted molar refractivity (Wildman–Crippen MR) is 168 cm³/mol. The summed E-state index contributed by atoms with van der Waals surface area (Å²) in [6.45, 7) is 7.32. The van der Waals surface area contributed by atoms with Crippen molar-refractivity contribution in [2.24, 2.45) is 0 Å². The number of nitrogens with one attached hydrogen (secondary N) is 1. The first kappa shape index (κ1) is 31.3. The summed E-state index contributed by atoms with van der Waals surface area (Å²) in [7, 11) is -4.09. The molecule has 8 heteroatoms. The average molecular weight is 590 g/mol. The minimum absolute atomic E-state index is 0.0967. The maximum absolute atomic E-state index is 14.2. The van der Waals surface area contributed by atoms with E-state index in [-0.39, 0.29) is 23.4 Å². The number of amides is 2. The highest BCUT2D eigenvalue weighted by Gasteiger charge is 2.34. The fourth-order valence-electron chi connectivity index (χ4n) is 5.56. The van der Waals surface area contributed by atoms with Gasteiger partial charge in [-0.25, -0.2) is 8.42 Å². The minimum Gasteiger partial charge on any atom is -0.352 e. The van der Waals surface area contributed by atoms with Crippen LogP contribution < -0.4 is 9.62 Å². The molecule has 1 atom stereocenters. The Morgan fingerprint density at radius 1 is 0.905 bits per heavy atom. The molecule has 1 saturated carbocycles. The van der Waals surface area contributed by atoms with Gasteiger partial charge < -0.3 is 10.2 Å². The van der Waals surface area contributed by atoms with Crippen molar-refractivity contribution in [3.8, 4) is 0 Å². The van der Waals surface area contributed by atoms with E-state index in [4.69, 9.17) is 0 Å². The largest absolute Gasteiger partial charge is 0.352 e. The lowest BCUT2D eigenvalue weighted by Crippen LogP contribution is -2.53. The molecule has 1 N–H and O–H groups in total. The highest BCUT2D eigenvalue weighted by Crippen LogP contribution is 2.28. The van der Waals surface area contributed by atoms with E-state index < -0.39 is 28.5 Å². The number of sulfonamides is 1. The van der Waals surface area contributed by atoms with Gasteiger partial charge in [0, 0.05) is 12.6 Å². The average Bonchev–Trinajstić information content (AvgIpc) is 2.99. The zero-order valence-corrected chi connectivity index (χ0v) is 26.0.